The van der Waals surface area contributed by atoms with Gasteiger partial charge in [-0.1, -0.05) is 41.9 Å². The van der Waals surface area contributed by atoms with Gasteiger partial charge in [-0.3, -0.25) is 9.59 Å². The molecule has 0 fully saturated rings. The molecule has 1 atom stereocenters. The third-order valence-electron chi connectivity index (χ3n) is 3.56. The number of esters is 1. The lowest BCUT2D eigenvalue weighted by molar-refractivity contribution is -0.153. The lowest BCUT2D eigenvalue weighted by Crippen LogP contribution is -2.30. The van der Waals surface area contributed by atoms with Crippen molar-refractivity contribution in [3.63, 3.8) is 0 Å². The largest absolute Gasteiger partial charge is 0.495 e. The van der Waals surface area contributed by atoms with Crippen molar-refractivity contribution in [2.24, 2.45) is 0 Å². The van der Waals surface area contributed by atoms with Crippen molar-refractivity contribution in [1.82, 2.24) is 0 Å². The van der Waals surface area contributed by atoms with Crippen molar-refractivity contribution in [1.29, 1.82) is 0 Å². The van der Waals surface area contributed by atoms with E-state index in [-0.39, 0.29) is 6.42 Å². The van der Waals surface area contributed by atoms with Crippen molar-refractivity contribution in [3.05, 3.63) is 59.1 Å². The lowest BCUT2D eigenvalue weighted by atomic mass is 10.1. The number of amides is 1. The molecule has 6 heteroatoms. The molecule has 2 aromatic carbocycles. The number of aryl methyl sites for hydroxylation is 1. The Bertz CT molecular complexity index is 733. The van der Waals surface area contributed by atoms with Gasteiger partial charge in [0.25, 0.3) is 5.91 Å². The maximum absolute atomic E-state index is 12.2. The minimum Gasteiger partial charge on any atom is -0.495 e. The summed E-state index contributed by atoms with van der Waals surface area (Å²) < 4.78 is 10.4. The lowest BCUT2D eigenvalue weighted by Gasteiger charge is -2.15. The molecule has 0 aromatic heterocycles. The molecule has 2 aromatic rings. The van der Waals surface area contributed by atoms with Gasteiger partial charge in [-0.2, -0.15) is 0 Å². The quantitative estimate of drug-likeness (QED) is 0.761. The first kappa shape index (κ1) is 18.8. The summed E-state index contributed by atoms with van der Waals surface area (Å²) in [6, 6.07) is 14.5. The normalized spacial score (nSPS) is 11.5. The van der Waals surface area contributed by atoms with E-state index < -0.39 is 18.0 Å². The van der Waals surface area contributed by atoms with Crippen molar-refractivity contribution in [2.45, 2.75) is 25.9 Å². The number of benzene rings is 2. The Morgan fingerprint density at radius 2 is 1.88 bits per heavy atom. The van der Waals surface area contributed by atoms with E-state index in [0.29, 0.717) is 22.9 Å². The first-order chi connectivity index (χ1) is 12.0. The summed E-state index contributed by atoms with van der Waals surface area (Å²) in [5.74, 6) is -0.404. The molecule has 0 aliphatic rings. The molecule has 0 aliphatic heterocycles. The SMILES string of the molecule is COc1ccc(Cl)cc1NC(=O)C(C)OC(=O)CCc1ccccc1. The van der Waals surface area contributed by atoms with Crippen molar-refractivity contribution in [2.75, 3.05) is 12.4 Å². The number of ether oxygens (including phenoxy) is 2. The van der Waals surface area contributed by atoms with E-state index in [1.807, 2.05) is 30.3 Å². The average Bonchev–Trinajstić information content (AvgIpc) is 2.61. The van der Waals surface area contributed by atoms with E-state index in [9.17, 15) is 9.59 Å². The zero-order chi connectivity index (χ0) is 18.2. The molecule has 132 valence electrons. The number of hydrogen-bond donors (Lipinski definition) is 1. The van der Waals surface area contributed by atoms with Gasteiger partial charge in [0.2, 0.25) is 0 Å². The molecule has 0 aliphatic carbocycles. The van der Waals surface area contributed by atoms with Crippen LogP contribution in [-0.4, -0.2) is 25.1 Å². The second kappa shape index (κ2) is 9.08. The summed E-state index contributed by atoms with van der Waals surface area (Å²) >= 11 is 5.93. The summed E-state index contributed by atoms with van der Waals surface area (Å²) in [6.07, 6.45) is -0.148. The van der Waals surface area contributed by atoms with Gasteiger partial charge in [-0.25, -0.2) is 0 Å². The molecular weight excluding hydrogens is 342 g/mol. The standard InChI is InChI=1S/C19H20ClNO4/c1-13(25-18(22)11-8-14-6-4-3-5-7-14)19(23)21-16-12-15(20)9-10-17(16)24-2/h3-7,9-10,12-13H,8,11H2,1-2H3,(H,21,23). The maximum Gasteiger partial charge on any atom is 0.306 e. The predicted molar refractivity (Wildman–Crippen MR) is 97.0 cm³/mol. The molecular formula is C19H20ClNO4. The topological polar surface area (TPSA) is 64.6 Å². The Balaban J connectivity index is 1.87. The number of hydrogen-bond acceptors (Lipinski definition) is 4. The van der Waals surface area contributed by atoms with Gasteiger partial charge in [-0.15, -0.1) is 0 Å². The fraction of sp³-hybridized carbons (Fsp3) is 0.263. The summed E-state index contributed by atoms with van der Waals surface area (Å²) in [6.45, 7) is 1.52. The van der Waals surface area contributed by atoms with Gasteiger partial charge in [0.05, 0.1) is 12.8 Å². The molecule has 0 saturated carbocycles. The highest BCUT2D eigenvalue weighted by Crippen LogP contribution is 2.27. The molecule has 0 saturated heterocycles. The Labute approximate surface area is 151 Å². The van der Waals surface area contributed by atoms with Crippen LogP contribution in [0, 0.1) is 0 Å². The van der Waals surface area contributed by atoms with E-state index in [0.717, 1.165) is 5.56 Å². The summed E-state index contributed by atoms with van der Waals surface area (Å²) in [5, 5.41) is 3.12. The summed E-state index contributed by atoms with van der Waals surface area (Å²) in [7, 11) is 1.49. The van der Waals surface area contributed by atoms with Crippen LogP contribution >= 0.6 is 11.6 Å². The first-order valence-electron chi connectivity index (χ1n) is 7.87. The van der Waals surface area contributed by atoms with Crippen LogP contribution in [0.25, 0.3) is 0 Å². The number of carbonyl (C=O) groups excluding carboxylic acids is 2. The number of carbonyl (C=O) groups is 2. The van der Waals surface area contributed by atoms with Gasteiger partial charge in [-0.05, 0) is 37.1 Å². The van der Waals surface area contributed by atoms with Crippen molar-refractivity contribution in [3.8, 4) is 5.75 Å². The van der Waals surface area contributed by atoms with E-state index in [2.05, 4.69) is 5.32 Å². The van der Waals surface area contributed by atoms with Crippen LogP contribution in [0.2, 0.25) is 5.02 Å². The molecule has 0 heterocycles. The Morgan fingerprint density at radius 3 is 2.56 bits per heavy atom. The van der Waals surface area contributed by atoms with E-state index in [1.165, 1.54) is 14.0 Å². The number of nitrogens with one attached hydrogen (secondary N) is 1. The van der Waals surface area contributed by atoms with Crippen LogP contribution in [0.15, 0.2) is 48.5 Å². The van der Waals surface area contributed by atoms with Gasteiger partial charge < -0.3 is 14.8 Å². The van der Waals surface area contributed by atoms with Crippen LogP contribution in [-0.2, 0) is 20.7 Å². The van der Waals surface area contributed by atoms with Crippen LogP contribution < -0.4 is 10.1 Å². The Kier molecular flexibility index (Phi) is 6.83. The minimum absolute atomic E-state index is 0.210. The molecule has 0 spiro atoms. The van der Waals surface area contributed by atoms with Crippen LogP contribution in [0.1, 0.15) is 18.9 Å². The molecule has 1 unspecified atom stereocenters. The van der Waals surface area contributed by atoms with Gasteiger partial charge in [0.1, 0.15) is 5.75 Å². The fourth-order valence-corrected chi connectivity index (χ4v) is 2.39. The van der Waals surface area contributed by atoms with Gasteiger partial charge in [0.15, 0.2) is 6.10 Å². The van der Waals surface area contributed by atoms with Crippen molar-refractivity contribution >= 4 is 29.2 Å². The van der Waals surface area contributed by atoms with E-state index in [4.69, 9.17) is 21.1 Å². The summed E-state index contributed by atoms with van der Waals surface area (Å²) in [4.78, 5) is 24.1. The molecule has 1 amide bonds. The molecule has 0 bridgehead atoms. The van der Waals surface area contributed by atoms with Crippen LogP contribution in [0.4, 0.5) is 5.69 Å². The molecule has 1 N–H and O–H groups in total. The second-order valence-corrected chi connectivity index (χ2v) is 5.89. The second-order valence-electron chi connectivity index (χ2n) is 5.45. The zero-order valence-electron chi connectivity index (χ0n) is 14.1. The highest BCUT2D eigenvalue weighted by atomic mass is 35.5. The highest BCUT2D eigenvalue weighted by molar-refractivity contribution is 6.31. The zero-order valence-corrected chi connectivity index (χ0v) is 14.9. The smallest absolute Gasteiger partial charge is 0.306 e. The van der Waals surface area contributed by atoms with Gasteiger partial charge in [0, 0.05) is 11.4 Å². The number of anilines is 1. The first-order valence-corrected chi connectivity index (χ1v) is 8.25. The Morgan fingerprint density at radius 1 is 1.16 bits per heavy atom. The monoisotopic (exact) mass is 361 g/mol. The number of methoxy groups -OCH3 is 1. The number of halogens is 1. The van der Waals surface area contributed by atoms with Crippen LogP contribution in [0.3, 0.4) is 0 Å². The van der Waals surface area contributed by atoms with Crippen molar-refractivity contribution < 1.29 is 19.1 Å². The summed E-state index contributed by atoms with van der Waals surface area (Å²) in [5.41, 5.74) is 1.47. The molecule has 0 radical (unpaired) electrons. The third kappa shape index (κ3) is 5.80. The highest BCUT2D eigenvalue weighted by Gasteiger charge is 2.19. The number of rotatable bonds is 7. The average molecular weight is 362 g/mol. The third-order valence-corrected chi connectivity index (χ3v) is 3.79. The maximum atomic E-state index is 12.2. The van der Waals surface area contributed by atoms with E-state index in [1.54, 1.807) is 18.2 Å². The molecule has 25 heavy (non-hydrogen) atoms. The fourth-order valence-electron chi connectivity index (χ4n) is 2.21. The van der Waals surface area contributed by atoms with Gasteiger partial charge >= 0.3 is 5.97 Å². The Hall–Kier alpha value is -2.53. The molecule has 5 nitrogen and oxygen atoms in total. The minimum atomic E-state index is -0.924. The predicted octanol–water partition coefficient (Wildman–Crippen LogP) is 3.85. The van der Waals surface area contributed by atoms with Crippen LogP contribution in [0.5, 0.6) is 5.75 Å². The van der Waals surface area contributed by atoms with E-state index >= 15 is 0 Å². The molecule has 2 rings (SSSR count).